The van der Waals surface area contributed by atoms with E-state index < -0.39 is 12.0 Å². The lowest BCUT2D eigenvalue weighted by molar-refractivity contribution is -0.138. The summed E-state index contributed by atoms with van der Waals surface area (Å²) in [5, 5.41) is 13.4. The van der Waals surface area contributed by atoms with Gasteiger partial charge in [0.05, 0.1) is 5.39 Å². The average Bonchev–Trinajstić information content (AvgIpc) is 2.86. The highest BCUT2D eigenvalue weighted by atomic mass is 32.1. The van der Waals surface area contributed by atoms with Gasteiger partial charge in [-0.3, -0.25) is 0 Å². The number of carboxylic acids is 1. The van der Waals surface area contributed by atoms with Crippen molar-refractivity contribution in [1.29, 1.82) is 0 Å². The van der Waals surface area contributed by atoms with Crippen molar-refractivity contribution in [2.45, 2.75) is 53.0 Å². The molecule has 2 aromatic rings. The van der Waals surface area contributed by atoms with Crippen LogP contribution in [-0.2, 0) is 11.2 Å². The van der Waals surface area contributed by atoms with Crippen LogP contribution in [0.15, 0.2) is 6.07 Å². The van der Waals surface area contributed by atoms with Crippen LogP contribution >= 0.6 is 11.3 Å². The number of carbonyl (C=O) groups is 1. The molecule has 0 radical (unpaired) electrons. The molecule has 2 aromatic heterocycles. The Morgan fingerprint density at radius 3 is 2.50 bits per heavy atom. The number of aryl methyl sites for hydroxylation is 1. The first-order valence-electron chi connectivity index (χ1n) is 7.63. The third-order valence-electron chi connectivity index (χ3n) is 3.55. The first-order valence-corrected chi connectivity index (χ1v) is 8.44. The standard InChI is InChI=1S/C16H23N3O2S/c1-6-10-7-11-14(17-12(8(2)3)16(20)21)18-13(9(4)5)19-15(11)22-10/h7-9,12H,6H2,1-5H3,(H,20,21)(H,17,18,19). The van der Waals surface area contributed by atoms with Gasteiger partial charge in [0.15, 0.2) is 0 Å². The topological polar surface area (TPSA) is 75.1 Å². The van der Waals surface area contributed by atoms with E-state index in [2.05, 4.69) is 28.3 Å². The van der Waals surface area contributed by atoms with E-state index in [-0.39, 0.29) is 11.8 Å². The summed E-state index contributed by atoms with van der Waals surface area (Å²) in [7, 11) is 0. The van der Waals surface area contributed by atoms with Crippen LogP contribution in [0.25, 0.3) is 10.2 Å². The summed E-state index contributed by atoms with van der Waals surface area (Å²) >= 11 is 1.65. The second kappa shape index (κ2) is 6.60. The van der Waals surface area contributed by atoms with Crippen molar-refractivity contribution in [3.05, 3.63) is 16.8 Å². The Labute approximate surface area is 134 Å². The van der Waals surface area contributed by atoms with Gasteiger partial charge < -0.3 is 10.4 Å². The zero-order valence-corrected chi connectivity index (χ0v) is 14.5. The van der Waals surface area contributed by atoms with Crippen LogP contribution in [-0.4, -0.2) is 27.1 Å². The van der Waals surface area contributed by atoms with E-state index in [1.54, 1.807) is 11.3 Å². The summed E-state index contributed by atoms with van der Waals surface area (Å²) in [4.78, 5) is 22.8. The summed E-state index contributed by atoms with van der Waals surface area (Å²) < 4.78 is 0. The highest BCUT2D eigenvalue weighted by molar-refractivity contribution is 7.18. The highest BCUT2D eigenvalue weighted by Crippen LogP contribution is 2.31. The van der Waals surface area contributed by atoms with Crippen molar-refractivity contribution in [1.82, 2.24) is 9.97 Å². The van der Waals surface area contributed by atoms with Gasteiger partial charge in [-0.2, -0.15) is 0 Å². The zero-order chi connectivity index (χ0) is 16.4. The summed E-state index contributed by atoms with van der Waals surface area (Å²) in [6.45, 7) is 9.95. The lowest BCUT2D eigenvalue weighted by Gasteiger charge is -2.19. The summed E-state index contributed by atoms with van der Waals surface area (Å²) in [6, 6.07) is 1.40. The average molecular weight is 321 g/mol. The fourth-order valence-corrected chi connectivity index (χ4v) is 3.17. The Kier molecular flexibility index (Phi) is 5.01. The SMILES string of the molecule is CCc1cc2c(NC(C(=O)O)C(C)C)nc(C(C)C)nc2s1. The number of fused-ring (bicyclic) bond motifs is 1. The van der Waals surface area contributed by atoms with E-state index in [4.69, 9.17) is 0 Å². The Bertz CT molecular complexity index is 679. The molecule has 0 aromatic carbocycles. The number of anilines is 1. The van der Waals surface area contributed by atoms with E-state index in [9.17, 15) is 9.90 Å². The molecule has 0 spiro atoms. The van der Waals surface area contributed by atoms with Gasteiger partial charge in [0, 0.05) is 10.8 Å². The molecule has 0 fully saturated rings. The van der Waals surface area contributed by atoms with Gasteiger partial charge in [-0.15, -0.1) is 11.3 Å². The second-order valence-electron chi connectivity index (χ2n) is 6.07. The lowest BCUT2D eigenvalue weighted by Crippen LogP contribution is -2.34. The molecule has 0 aliphatic carbocycles. The molecule has 0 aliphatic heterocycles. The molecule has 0 amide bonds. The summed E-state index contributed by atoms with van der Waals surface area (Å²) in [6.07, 6.45) is 0.935. The predicted octanol–water partition coefficient (Wildman–Crippen LogP) is 3.90. The van der Waals surface area contributed by atoms with Gasteiger partial charge in [0.25, 0.3) is 0 Å². The van der Waals surface area contributed by atoms with Crippen LogP contribution in [0.1, 0.15) is 51.2 Å². The van der Waals surface area contributed by atoms with E-state index in [1.807, 2.05) is 27.7 Å². The minimum absolute atomic E-state index is 0.0331. The van der Waals surface area contributed by atoms with Crippen molar-refractivity contribution in [2.75, 3.05) is 5.32 Å². The smallest absolute Gasteiger partial charge is 0.326 e. The Morgan fingerprint density at radius 2 is 2.00 bits per heavy atom. The van der Waals surface area contributed by atoms with Gasteiger partial charge in [0.1, 0.15) is 22.5 Å². The van der Waals surface area contributed by atoms with Crippen molar-refractivity contribution in [3.8, 4) is 0 Å². The largest absolute Gasteiger partial charge is 0.480 e. The number of aromatic nitrogens is 2. The maximum absolute atomic E-state index is 11.5. The van der Waals surface area contributed by atoms with Crippen LogP contribution in [0, 0.1) is 5.92 Å². The Balaban J connectivity index is 2.54. The van der Waals surface area contributed by atoms with Gasteiger partial charge >= 0.3 is 5.97 Å². The number of carboxylic acid groups (broad SMARTS) is 1. The fraction of sp³-hybridized carbons (Fsp3) is 0.562. The first-order chi connectivity index (χ1) is 10.3. The van der Waals surface area contributed by atoms with Crippen molar-refractivity contribution in [3.63, 3.8) is 0 Å². The van der Waals surface area contributed by atoms with E-state index in [0.29, 0.717) is 5.82 Å². The Morgan fingerprint density at radius 1 is 1.32 bits per heavy atom. The molecule has 2 heterocycles. The van der Waals surface area contributed by atoms with Gasteiger partial charge in [-0.1, -0.05) is 34.6 Å². The summed E-state index contributed by atoms with van der Waals surface area (Å²) in [5.41, 5.74) is 0. The number of rotatable bonds is 6. The molecule has 5 nitrogen and oxygen atoms in total. The third kappa shape index (κ3) is 3.38. The molecule has 120 valence electrons. The predicted molar refractivity (Wildman–Crippen MR) is 90.8 cm³/mol. The number of thiophene rings is 1. The van der Waals surface area contributed by atoms with Gasteiger partial charge in [0.2, 0.25) is 0 Å². The molecular weight excluding hydrogens is 298 g/mol. The third-order valence-corrected chi connectivity index (χ3v) is 4.72. The molecule has 2 N–H and O–H groups in total. The van der Waals surface area contributed by atoms with Crippen molar-refractivity contribution >= 4 is 33.3 Å². The zero-order valence-electron chi connectivity index (χ0n) is 13.7. The minimum atomic E-state index is -0.862. The Hall–Kier alpha value is -1.69. The van der Waals surface area contributed by atoms with Crippen LogP contribution in [0.2, 0.25) is 0 Å². The fourth-order valence-electron chi connectivity index (χ4n) is 2.19. The van der Waals surface area contributed by atoms with Crippen LogP contribution < -0.4 is 5.32 Å². The molecule has 0 aliphatic rings. The molecular formula is C16H23N3O2S. The minimum Gasteiger partial charge on any atom is -0.480 e. The van der Waals surface area contributed by atoms with Crippen LogP contribution in [0.4, 0.5) is 5.82 Å². The number of nitrogens with one attached hydrogen (secondary N) is 1. The maximum Gasteiger partial charge on any atom is 0.326 e. The highest BCUT2D eigenvalue weighted by Gasteiger charge is 2.23. The van der Waals surface area contributed by atoms with Gasteiger partial charge in [-0.25, -0.2) is 14.8 Å². The molecule has 1 unspecified atom stereocenters. The molecule has 22 heavy (non-hydrogen) atoms. The van der Waals surface area contributed by atoms with Crippen LogP contribution in [0.3, 0.4) is 0 Å². The lowest BCUT2D eigenvalue weighted by atomic mass is 10.0. The quantitative estimate of drug-likeness (QED) is 0.844. The molecule has 6 heteroatoms. The number of aliphatic carboxylic acids is 1. The number of hydrogen-bond acceptors (Lipinski definition) is 5. The first kappa shape index (κ1) is 16.7. The maximum atomic E-state index is 11.5. The van der Waals surface area contributed by atoms with Crippen molar-refractivity contribution in [2.24, 2.45) is 5.92 Å². The molecule has 0 saturated carbocycles. The normalized spacial score (nSPS) is 13.0. The number of hydrogen-bond donors (Lipinski definition) is 2. The molecule has 2 rings (SSSR count). The second-order valence-corrected chi connectivity index (χ2v) is 7.19. The van der Waals surface area contributed by atoms with Crippen molar-refractivity contribution < 1.29 is 9.90 Å². The number of nitrogens with zero attached hydrogens (tertiary/aromatic N) is 2. The van der Waals surface area contributed by atoms with Gasteiger partial charge in [-0.05, 0) is 18.4 Å². The molecule has 0 saturated heterocycles. The monoisotopic (exact) mass is 321 g/mol. The molecule has 1 atom stereocenters. The molecule has 0 bridgehead atoms. The van der Waals surface area contributed by atoms with E-state index in [1.165, 1.54) is 4.88 Å². The van der Waals surface area contributed by atoms with E-state index >= 15 is 0 Å². The van der Waals surface area contributed by atoms with Crippen LogP contribution in [0.5, 0.6) is 0 Å². The summed E-state index contributed by atoms with van der Waals surface area (Å²) in [5.74, 6) is 0.672. The van der Waals surface area contributed by atoms with E-state index in [0.717, 1.165) is 22.5 Å².